The van der Waals surface area contributed by atoms with E-state index in [2.05, 4.69) is 25.1 Å². The molecule has 3 fully saturated rings. The van der Waals surface area contributed by atoms with Crippen molar-refractivity contribution in [1.82, 2.24) is 20.2 Å². The van der Waals surface area contributed by atoms with Crippen molar-refractivity contribution in [3.63, 3.8) is 0 Å². The van der Waals surface area contributed by atoms with Crippen LogP contribution in [0.5, 0.6) is 0 Å². The largest absolute Gasteiger partial charge is 0.374 e. The minimum absolute atomic E-state index is 0. The number of hydrogen-bond acceptors (Lipinski definition) is 6. The Hall–Kier alpha value is -0.660. The molecule has 3 saturated heterocycles. The summed E-state index contributed by atoms with van der Waals surface area (Å²) in [5.74, 6) is 0.892. The third-order valence-corrected chi connectivity index (χ3v) is 4.92. The van der Waals surface area contributed by atoms with Crippen LogP contribution in [0.15, 0.2) is 12.4 Å². The van der Waals surface area contributed by atoms with Crippen molar-refractivity contribution in [2.75, 3.05) is 44.2 Å². The van der Waals surface area contributed by atoms with E-state index in [0.29, 0.717) is 12.1 Å². The van der Waals surface area contributed by atoms with E-state index in [1.165, 1.54) is 24.8 Å². The van der Waals surface area contributed by atoms with Crippen LogP contribution in [0.4, 0.5) is 5.95 Å². The van der Waals surface area contributed by atoms with Gasteiger partial charge in [-0.3, -0.25) is 4.90 Å². The number of aromatic nitrogens is 2. The average Bonchev–Trinajstić information content (AvgIpc) is 2.98. The maximum Gasteiger partial charge on any atom is 0.225 e. The Morgan fingerprint density at radius 1 is 1.08 bits per heavy atom. The highest BCUT2D eigenvalue weighted by Gasteiger charge is 2.35. The number of morpholine rings is 1. The van der Waals surface area contributed by atoms with Crippen molar-refractivity contribution < 1.29 is 4.74 Å². The van der Waals surface area contributed by atoms with Crippen LogP contribution in [-0.2, 0) is 11.3 Å². The molecule has 0 unspecified atom stereocenters. The summed E-state index contributed by atoms with van der Waals surface area (Å²) in [5, 5.41) is 3.54. The predicted octanol–water partition coefficient (Wildman–Crippen LogP) is 1.48. The molecule has 0 aliphatic carbocycles. The third kappa shape index (κ3) is 4.49. The van der Waals surface area contributed by atoms with Gasteiger partial charge in [-0.25, -0.2) is 9.97 Å². The molecule has 0 spiro atoms. The van der Waals surface area contributed by atoms with Crippen LogP contribution in [0.3, 0.4) is 0 Å². The van der Waals surface area contributed by atoms with E-state index >= 15 is 0 Å². The monoisotopic (exact) mass is 375 g/mol. The van der Waals surface area contributed by atoms with Crippen LogP contribution < -0.4 is 10.2 Å². The Morgan fingerprint density at radius 2 is 1.83 bits per heavy atom. The smallest absolute Gasteiger partial charge is 0.225 e. The van der Waals surface area contributed by atoms with Crippen LogP contribution in [0.1, 0.15) is 24.8 Å². The van der Waals surface area contributed by atoms with Crippen LogP contribution in [0, 0.1) is 0 Å². The molecule has 0 bridgehead atoms. The fourth-order valence-electron chi connectivity index (χ4n) is 3.75. The second-order valence-electron chi connectivity index (χ2n) is 6.60. The molecular formula is C16H27Cl2N5O. The predicted molar refractivity (Wildman–Crippen MR) is 99.4 cm³/mol. The zero-order chi connectivity index (χ0) is 14.8. The third-order valence-electron chi connectivity index (χ3n) is 4.92. The molecule has 24 heavy (non-hydrogen) atoms. The molecule has 6 nitrogen and oxygen atoms in total. The van der Waals surface area contributed by atoms with Crippen molar-refractivity contribution in [1.29, 1.82) is 0 Å². The SMILES string of the molecule is Cl.Cl.c1nc(N2CCCCC2)ncc1CN1C[C@@H]2NCCO[C@H]2C1. The van der Waals surface area contributed by atoms with E-state index in [0.717, 1.165) is 51.8 Å². The molecule has 1 aromatic rings. The first-order valence-electron chi connectivity index (χ1n) is 8.52. The number of nitrogens with zero attached hydrogens (tertiary/aromatic N) is 4. The number of likely N-dealkylation sites (tertiary alicyclic amines) is 1. The van der Waals surface area contributed by atoms with Crippen molar-refractivity contribution in [3.05, 3.63) is 18.0 Å². The molecule has 4 heterocycles. The van der Waals surface area contributed by atoms with Crippen molar-refractivity contribution in [2.45, 2.75) is 38.0 Å². The highest BCUT2D eigenvalue weighted by Crippen LogP contribution is 2.19. The lowest BCUT2D eigenvalue weighted by atomic mass is 10.1. The van der Waals surface area contributed by atoms with Gasteiger partial charge in [-0.2, -0.15) is 0 Å². The normalized spacial score (nSPS) is 27.1. The Labute approximate surface area is 156 Å². The standard InChI is InChI=1S/C16H25N5O.2ClH/c1-2-5-21(6-3-1)16-18-8-13(9-19-16)10-20-11-14-15(12-20)22-7-4-17-14;;/h8-9,14-15,17H,1-7,10-12H2;2*1H/t14-,15-;;/m0../s1. The van der Waals surface area contributed by atoms with Gasteiger partial charge in [-0.1, -0.05) is 0 Å². The number of rotatable bonds is 3. The Kier molecular flexibility index (Phi) is 7.50. The van der Waals surface area contributed by atoms with Crippen molar-refractivity contribution in [2.24, 2.45) is 0 Å². The molecule has 8 heteroatoms. The molecule has 0 amide bonds. The lowest BCUT2D eigenvalue weighted by Gasteiger charge is -2.26. The summed E-state index contributed by atoms with van der Waals surface area (Å²) in [4.78, 5) is 13.9. The minimum atomic E-state index is 0. The average molecular weight is 376 g/mol. The van der Waals surface area contributed by atoms with Gasteiger partial charge in [0.15, 0.2) is 0 Å². The zero-order valence-electron chi connectivity index (χ0n) is 13.9. The zero-order valence-corrected chi connectivity index (χ0v) is 15.5. The maximum atomic E-state index is 5.83. The molecular weight excluding hydrogens is 349 g/mol. The molecule has 1 aromatic heterocycles. The van der Waals surface area contributed by atoms with Gasteiger partial charge in [0.2, 0.25) is 5.95 Å². The van der Waals surface area contributed by atoms with Crippen LogP contribution >= 0.6 is 24.8 Å². The molecule has 0 radical (unpaired) electrons. The van der Waals surface area contributed by atoms with E-state index in [4.69, 9.17) is 4.74 Å². The first-order chi connectivity index (χ1) is 10.9. The van der Waals surface area contributed by atoms with Crippen LogP contribution in [0.2, 0.25) is 0 Å². The molecule has 0 aromatic carbocycles. The van der Waals surface area contributed by atoms with E-state index in [1.54, 1.807) is 0 Å². The van der Waals surface area contributed by atoms with Crippen molar-refractivity contribution in [3.8, 4) is 0 Å². The van der Waals surface area contributed by atoms with Gasteiger partial charge in [-0.15, -0.1) is 24.8 Å². The molecule has 4 rings (SSSR count). The van der Waals surface area contributed by atoms with E-state index in [-0.39, 0.29) is 24.8 Å². The number of ether oxygens (including phenoxy) is 1. The van der Waals surface area contributed by atoms with Crippen molar-refractivity contribution >= 4 is 30.8 Å². The fourth-order valence-corrected chi connectivity index (χ4v) is 3.75. The number of nitrogens with one attached hydrogen (secondary N) is 1. The molecule has 0 saturated carbocycles. The van der Waals surface area contributed by atoms with Gasteiger partial charge < -0.3 is 15.0 Å². The van der Waals surface area contributed by atoms with Crippen LogP contribution in [0.25, 0.3) is 0 Å². The Morgan fingerprint density at radius 3 is 2.54 bits per heavy atom. The van der Waals surface area contributed by atoms with E-state index in [9.17, 15) is 0 Å². The van der Waals surface area contributed by atoms with E-state index < -0.39 is 0 Å². The first kappa shape index (κ1) is 19.7. The van der Waals surface area contributed by atoms with Gasteiger partial charge in [0.25, 0.3) is 0 Å². The van der Waals surface area contributed by atoms with Crippen LogP contribution in [-0.4, -0.2) is 66.3 Å². The Balaban J connectivity index is 0.00000104. The summed E-state index contributed by atoms with van der Waals surface area (Å²) >= 11 is 0. The summed E-state index contributed by atoms with van der Waals surface area (Å²) in [6.07, 6.45) is 8.19. The molecule has 3 aliphatic rings. The number of fused-ring (bicyclic) bond motifs is 1. The summed E-state index contributed by atoms with van der Waals surface area (Å²) < 4.78 is 5.83. The van der Waals surface area contributed by atoms with Gasteiger partial charge in [0.05, 0.1) is 12.7 Å². The second-order valence-corrected chi connectivity index (χ2v) is 6.60. The second kappa shape index (κ2) is 9.15. The lowest BCUT2D eigenvalue weighted by molar-refractivity contribution is 0.0175. The topological polar surface area (TPSA) is 53.5 Å². The summed E-state index contributed by atoms with van der Waals surface area (Å²) in [6.45, 7) is 6.98. The lowest BCUT2D eigenvalue weighted by Crippen LogP contribution is -2.47. The summed E-state index contributed by atoms with van der Waals surface area (Å²) in [7, 11) is 0. The van der Waals surface area contributed by atoms with Gasteiger partial charge in [0, 0.05) is 63.3 Å². The fraction of sp³-hybridized carbons (Fsp3) is 0.750. The number of anilines is 1. The molecule has 136 valence electrons. The van der Waals surface area contributed by atoms with Gasteiger partial charge >= 0.3 is 0 Å². The Bertz CT molecular complexity index is 484. The molecule has 3 aliphatic heterocycles. The minimum Gasteiger partial charge on any atom is -0.374 e. The number of hydrogen-bond donors (Lipinski definition) is 1. The highest BCUT2D eigenvalue weighted by atomic mass is 35.5. The summed E-state index contributed by atoms with van der Waals surface area (Å²) in [5.41, 5.74) is 1.19. The van der Waals surface area contributed by atoms with Gasteiger partial charge in [-0.05, 0) is 19.3 Å². The van der Waals surface area contributed by atoms with Gasteiger partial charge in [0.1, 0.15) is 0 Å². The first-order valence-corrected chi connectivity index (χ1v) is 8.52. The molecule has 1 N–H and O–H groups in total. The number of piperidine rings is 1. The number of halogens is 2. The maximum absolute atomic E-state index is 5.83. The van der Waals surface area contributed by atoms with E-state index in [1.807, 2.05) is 12.4 Å². The summed E-state index contributed by atoms with van der Waals surface area (Å²) in [6, 6.07) is 0.488. The highest BCUT2D eigenvalue weighted by molar-refractivity contribution is 5.85. The molecule has 2 atom stereocenters. The quantitative estimate of drug-likeness (QED) is 0.863.